The van der Waals surface area contributed by atoms with Gasteiger partial charge in [0.05, 0.1) is 17.4 Å². The number of imidazole rings is 1. The molecular formula is C9H9N3O2. The number of nitrogen functional groups attached to an aromatic ring is 1. The van der Waals surface area contributed by atoms with Crippen molar-refractivity contribution in [2.75, 3.05) is 5.73 Å². The molecule has 0 amide bonds. The lowest BCUT2D eigenvalue weighted by Crippen LogP contribution is -2.04. The molecule has 0 aliphatic heterocycles. The zero-order chi connectivity index (χ0) is 10.1. The normalized spacial score (nSPS) is 10.6. The van der Waals surface area contributed by atoms with Crippen molar-refractivity contribution in [2.45, 2.75) is 6.42 Å². The van der Waals surface area contributed by atoms with E-state index < -0.39 is 5.97 Å². The molecule has 0 aliphatic carbocycles. The summed E-state index contributed by atoms with van der Waals surface area (Å²) in [4.78, 5) is 14.5. The Hall–Kier alpha value is -2.04. The second kappa shape index (κ2) is 3.02. The molecule has 0 unspecified atom stereocenters. The highest BCUT2D eigenvalue weighted by Gasteiger charge is 2.08. The van der Waals surface area contributed by atoms with E-state index in [1.54, 1.807) is 28.9 Å². The number of aliphatic carboxylic acids is 1. The zero-order valence-electron chi connectivity index (χ0n) is 7.34. The van der Waals surface area contributed by atoms with Gasteiger partial charge in [0.15, 0.2) is 0 Å². The fraction of sp³-hybridized carbons (Fsp3) is 0.111. The van der Waals surface area contributed by atoms with Crippen LogP contribution in [-0.2, 0) is 11.2 Å². The van der Waals surface area contributed by atoms with Crippen LogP contribution in [-0.4, -0.2) is 20.5 Å². The first kappa shape index (κ1) is 8.55. The average molecular weight is 191 g/mol. The van der Waals surface area contributed by atoms with E-state index in [1.807, 2.05) is 0 Å². The van der Waals surface area contributed by atoms with Crippen LogP contribution in [0.15, 0.2) is 24.5 Å². The summed E-state index contributed by atoms with van der Waals surface area (Å²) in [6.45, 7) is 0. The molecule has 5 nitrogen and oxygen atoms in total. The summed E-state index contributed by atoms with van der Waals surface area (Å²) in [6, 6.07) is 3.51. The summed E-state index contributed by atoms with van der Waals surface area (Å²) in [6.07, 6.45) is 3.22. The van der Waals surface area contributed by atoms with Crippen LogP contribution in [0.3, 0.4) is 0 Å². The number of nitrogens with zero attached hydrogens (tertiary/aromatic N) is 2. The number of rotatable bonds is 2. The number of carboxylic acid groups (broad SMARTS) is 1. The highest BCUT2D eigenvalue weighted by molar-refractivity contribution is 5.72. The first-order valence-electron chi connectivity index (χ1n) is 4.10. The molecule has 0 bridgehead atoms. The van der Waals surface area contributed by atoms with Crippen molar-refractivity contribution in [1.82, 2.24) is 9.38 Å². The molecule has 2 aromatic heterocycles. The van der Waals surface area contributed by atoms with Crippen molar-refractivity contribution in [3.05, 3.63) is 30.4 Å². The summed E-state index contributed by atoms with van der Waals surface area (Å²) >= 11 is 0. The maximum absolute atomic E-state index is 10.5. The molecule has 0 aromatic carbocycles. The van der Waals surface area contributed by atoms with Gasteiger partial charge < -0.3 is 15.2 Å². The lowest BCUT2D eigenvalue weighted by atomic mass is 10.3. The van der Waals surface area contributed by atoms with Gasteiger partial charge >= 0.3 is 5.97 Å². The molecule has 0 fully saturated rings. The van der Waals surface area contributed by atoms with Crippen molar-refractivity contribution >= 4 is 17.2 Å². The number of nitrogens with two attached hydrogens (primary N) is 1. The smallest absolute Gasteiger partial charge is 0.311 e. The third-order valence-electron chi connectivity index (χ3n) is 1.99. The Balaban J connectivity index is 2.58. The monoisotopic (exact) mass is 191 g/mol. The Morgan fingerprint density at radius 2 is 2.43 bits per heavy atom. The van der Waals surface area contributed by atoms with E-state index in [9.17, 15) is 4.79 Å². The Bertz CT molecular complexity index is 490. The van der Waals surface area contributed by atoms with Crippen LogP contribution in [0.4, 0.5) is 5.69 Å². The maximum Gasteiger partial charge on any atom is 0.311 e. The second-order valence-corrected chi connectivity index (χ2v) is 2.96. The first-order valence-corrected chi connectivity index (χ1v) is 4.10. The molecule has 0 spiro atoms. The van der Waals surface area contributed by atoms with Crippen LogP contribution >= 0.6 is 0 Å². The van der Waals surface area contributed by atoms with E-state index in [1.165, 1.54) is 0 Å². The Morgan fingerprint density at radius 3 is 3.14 bits per heavy atom. The number of carbonyl (C=O) groups is 1. The van der Waals surface area contributed by atoms with Gasteiger partial charge in [0.25, 0.3) is 0 Å². The molecule has 0 radical (unpaired) electrons. The molecule has 2 rings (SSSR count). The summed E-state index contributed by atoms with van der Waals surface area (Å²) in [7, 11) is 0. The van der Waals surface area contributed by atoms with E-state index in [0.717, 1.165) is 5.52 Å². The molecule has 0 aliphatic rings. The van der Waals surface area contributed by atoms with Crippen LogP contribution in [0.1, 0.15) is 5.82 Å². The molecule has 72 valence electrons. The predicted octanol–water partition coefficient (Wildman–Crippen LogP) is 0.544. The van der Waals surface area contributed by atoms with Crippen LogP contribution in [0, 0.1) is 0 Å². The van der Waals surface area contributed by atoms with Gasteiger partial charge in [-0.3, -0.25) is 4.79 Å². The van der Waals surface area contributed by atoms with E-state index in [2.05, 4.69) is 4.98 Å². The van der Waals surface area contributed by atoms with Gasteiger partial charge in [-0.05, 0) is 12.1 Å². The number of aromatic nitrogens is 2. The van der Waals surface area contributed by atoms with Crippen molar-refractivity contribution in [3.63, 3.8) is 0 Å². The van der Waals surface area contributed by atoms with Crippen molar-refractivity contribution < 1.29 is 9.90 Å². The minimum absolute atomic E-state index is 0.0996. The molecule has 3 N–H and O–H groups in total. The lowest BCUT2D eigenvalue weighted by molar-refractivity contribution is -0.136. The number of carboxylic acids is 1. The van der Waals surface area contributed by atoms with Gasteiger partial charge in [-0.25, -0.2) is 4.98 Å². The van der Waals surface area contributed by atoms with Crippen molar-refractivity contribution in [3.8, 4) is 0 Å². The second-order valence-electron chi connectivity index (χ2n) is 2.96. The molecule has 2 heterocycles. The molecule has 5 heteroatoms. The molecule has 14 heavy (non-hydrogen) atoms. The van der Waals surface area contributed by atoms with E-state index in [0.29, 0.717) is 11.5 Å². The molecule has 0 atom stereocenters. The predicted molar refractivity (Wildman–Crippen MR) is 50.9 cm³/mol. The summed E-state index contributed by atoms with van der Waals surface area (Å²) < 4.78 is 1.68. The summed E-state index contributed by atoms with van der Waals surface area (Å²) in [5, 5.41) is 8.63. The fourth-order valence-corrected chi connectivity index (χ4v) is 1.36. The van der Waals surface area contributed by atoms with Gasteiger partial charge in [-0.2, -0.15) is 0 Å². The Kier molecular flexibility index (Phi) is 1.85. The molecule has 0 saturated carbocycles. The molecular weight excluding hydrogens is 182 g/mol. The minimum atomic E-state index is -0.903. The highest BCUT2D eigenvalue weighted by Crippen LogP contribution is 2.14. The van der Waals surface area contributed by atoms with Gasteiger partial charge in [0.1, 0.15) is 12.2 Å². The summed E-state index contributed by atoms with van der Waals surface area (Å²) in [5.41, 5.74) is 7.03. The topological polar surface area (TPSA) is 80.6 Å². The van der Waals surface area contributed by atoms with Gasteiger partial charge in [-0.15, -0.1) is 0 Å². The first-order chi connectivity index (χ1) is 6.68. The van der Waals surface area contributed by atoms with Crippen molar-refractivity contribution in [1.29, 1.82) is 0 Å². The quantitative estimate of drug-likeness (QED) is 0.726. The van der Waals surface area contributed by atoms with Crippen molar-refractivity contribution in [2.24, 2.45) is 0 Å². The number of hydrogen-bond donors (Lipinski definition) is 2. The standard InChI is InChI=1S/C9H9N3O2/c10-6-2-1-3-12-7(6)5-11-8(12)4-9(13)14/h1-3,5H,4,10H2,(H,13,14). The molecule has 2 aromatic rings. The van der Waals surface area contributed by atoms with E-state index in [-0.39, 0.29) is 6.42 Å². The van der Waals surface area contributed by atoms with Gasteiger partial charge in [0.2, 0.25) is 0 Å². The SMILES string of the molecule is Nc1cccn2c(CC(=O)O)ncc12. The van der Waals surface area contributed by atoms with Crippen LogP contribution in [0.5, 0.6) is 0 Å². The Labute approximate surface area is 79.8 Å². The van der Waals surface area contributed by atoms with E-state index in [4.69, 9.17) is 10.8 Å². The number of fused-ring (bicyclic) bond motifs is 1. The number of hydrogen-bond acceptors (Lipinski definition) is 3. The van der Waals surface area contributed by atoms with Crippen LogP contribution in [0.2, 0.25) is 0 Å². The zero-order valence-corrected chi connectivity index (χ0v) is 7.34. The molecule has 0 saturated heterocycles. The number of pyridine rings is 1. The third-order valence-corrected chi connectivity index (χ3v) is 1.99. The van der Waals surface area contributed by atoms with Gasteiger partial charge in [-0.1, -0.05) is 0 Å². The fourth-order valence-electron chi connectivity index (χ4n) is 1.36. The van der Waals surface area contributed by atoms with Crippen LogP contribution in [0.25, 0.3) is 5.52 Å². The van der Waals surface area contributed by atoms with Gasteiger partial charge in [0, 0.05) is 6.20 Å². The largest absolute Gasteiger partial charge is 0.481 e. The average Bonchev–Trinajstić information content (AvgIpc) is 2.49. The lowest BCUT2D eigenvalue weighted by Gasteiger charge is -1.99. The highest BCUT2D eigenvalue weighted by atomic mass is 16.4. The number of anilines is 1. The minimum Gasteiger partial charge on any atom is -0.481 e. The van der Waals surface area contributed by atoms with E-state index >= 15 is 0 Å². The van der Waals surface area contributed by atoms with Crippen LogP contribution < -0.4 is 5.73 Å². The summed E-state index contributed by atoms with van der Waals surface area (Å²) in [5.74, 6) is -0.417. The third kappa shape index (κ3) is 1.28. The Morgan fingerprint density at radius 1 is 1.64 bits per heavy atom. The maximum atomic E-state index is 10.5.